The van der Waals surface area contributed by atoms with Gasteiger partial charge >= 0.3 is 0 Å². The first-order valence-corrected chi connectivity index (χ1v) is 9.91. The molecule has 2 aromatic carbocycles. The van der Waals surface area contributed by atoms with Gasteiger partial charge in [0, 0.05) is 5.56 Å². The average Bonchev–Trinajstić information content (AvgIpc) is 3.09. The molecule has 9 heteroatoms. The second-order valence-electron chi connectivity index (χ2n) is 5.94. The Morgan fingerprint density at radius 1 is 1.38 bits per heavy atom. The van der Waals surface area contributed by atoms with E-state index in [2.05, 4.69) is 15.5 Å². The number of hydrogen-bond donors (Lipinski definition) is 2. The monoisotopic (exact) mass is 432 g/mol. The maximum Gasteiger partial charge on any atom is 0.283 e. The SMILES string of the molecule is CCc1nc(N)sc1C(=O)NN=Cc1cccc(OCc2c(F)cccc2Cl)c1. The molecule has 150 valence electrons. The summed E-state index contributed by atoms with van der Waals surface area (Å²) in [6.07, 6.45) is 2.09. The van der Waals surface area contributed by atoms with Gasteiger partial charge in [0.05, 0.1) is 16.9 Å². The van der Waals surface area contributed by atoms with Crippen molar-refractivity contribution in [2.45, 2.75) is 20.0 Å². The Balaban J connectivity index is 1.63. The molecule has 1 amide bonds. The van der Waals surface area contributed by atoms with E-state index < -0.39 is 5.82 Å². The minimum Gasteiger partial charge on any atom is -0.489 e. The van der Waals surface area contributed by atoms with Gasteiger partial charge in [-0.3, -0.25) is 4.79 Å². The van der Waals surface area contributed by atoms with E-state index in [4.69, 9.17) is 22.1 Å². The van der Waals surface area contributed by atoms with Crippen molar-refractivity contribution in [1.82, 2.24) is 10.4 Å². The quantitative estimate of drug-likeness (QED) is 0.427. The smallest absolute Gasteiger partial charge is 0.283 e. The molecule has 0 atom stereocenters. The number of hydrazone groups is 1. The maximum absolute atomic E-state index is 13.8. The molecule has 6 nitrogen and oxygen atoms in total. The Bertz CT molecular complexity index is 1030. The number of nitrogens with two attached hydrogens (primary N) is 1. The van der Waals surface area contributed by atoms with Crippen molar-refractivity contribution in [3.05, 3.63) is 75.0 Å². The first kappa shape index (κ1) is 20.8. The number of carbonyl (C=O) groups is 1. The van der Waals surface area contributed by atoms with Crippen molar-refractivity contribution in [2.24, 2.45) is 5.10 Å². The molecule has 0 radical (unpaired) electrons. The zero-order chi connectivity index (χ0) is 20.8. The Morgan fingerprint density at radius 2 is 2.17 bits per heavy atom. The van der Waals surface area contributed by atoms with E-state index in [1.807, 2.05) is 6.92 Å². The van der Waals surface area contributed by atoms with Gasteiger partial charge in [0.1, 0.15) is 23.1 Å². The zero-order valence-corrected chi connectivity index (χ0v) is 17.1. The van der Waals surface area contributed by atoms with Gasteiger partial charge in [-0.25, -0.2) is 14.8 Å². The number of aromatic nitrogens is 1. The molecule has 0 aliphatic rings. The number of nitrogens with one attached hydrogen (secondary N) is 1. The average molecular weight is 433 g/mol. The fourth-order valence-electron chi connectivity index (χ4n) is 2.51. The molecule has 0 bridgehead atoms. The third-order valence-electron chi connectivity index (χ3n) is 3.94. The van der Waals surface area contributed by atoms with Crippen molar-refractivity contribution in [3.63, 3.8) is 0 Å². The van der Waals surface area contributed by atoms with Crippen LogP contribution in [0, 0.1) is 5.82 Å². The number of halogens is 2. The normalized spacial score (nSPS) is 11.0. The highest BCUT2D eigenvalue weighted by Crippen LogP contribution is 2.22. The van der Waals surface area contributed by atoms with Crippen LogP contribution >= 0.6 is 22.9 Å². The minimum atomic E-state index is -0.423. The number of nitrogens with zero attached hydrogens (tertiary/aromatic N) is 2. The van der Waals surface area contributed by atoms with Gasteiger partial charge in [0.2, 0.25) is 0 Å². The molecule has 0 aliphatic carbocycles. The van der Waals surface area contributed by atoms with Gasteiger partial charge < -0.3 is 10.5 Å². The van der Waals surface area contributed by atoms with Crippen LogP contribution in [-0.2, 0) is 13.0 Å². The number of benzene rings is 2. The van der Waals surface area contributed by atoms with Crippen LogP contribution in [0.1, 0.15) is 33.4 Å². The summed E-state index contributed by atoms with van der Waals surface area (Å²) in [5, 5.41) is 4.62. The van der Waals surface area contributed by atoms with Crippen molar-refractivity contribution < 1.29 is 13.9 Å². The maximum atomic E-state index is 13.8. The van der Waals surface area contributed by atoms with Crippen LogP contribution in [-0.4, -0.2) is 17.1 Å². The van der Waals surface area contributed by atoms with Crippen LogP contribution < -0.4 is 15.9 Å². The van der Waals surface area contributed by atoms with Crippen LogP contribution in [0.3, 0.4) is 0 Å². The van der Waals surface area contributed by atoms with Gasteiger partial charge in [-0.05, 0) is 36.2 Å². The number of thiazole rings is 1. The van der Waals surface area contributed by atoms with E-state index >= 15 is 0 Å². The molecule has 0 aliphatic heterocycles. The third-order valence-corrected chi connectivity index (χ3v) is 5.22. The molecule has 29 heavy (non-hydrogen) atoms. The summed E-state index contributed by atoms with van der Waals surface area (Å²) in [4.78, 5) is 16.8. The Hall–Kier alpha value is -2.97. The first-order chi connectivity index (χ1) is 14.0. The molecule has 1 aromatic heterocycles. The third kappa shape index (κ3) is 5.30. The topological polar surface area (TPSA) is 89.6 Å². The predicted molar refractivity (Wildman–Crippen MR) is 113 cm³/mol. The van der Waals surface area contributed by atoms with E-state index in [0.29, 0.717) is 38.5 Å². The Morgan fingerprint density at radius 3 is 2.93 bits per heavy atom. The molecule has 0 fully saturated rings. The van der Waals surface area contributed by atoms with E-state index in [9.17, 15) is 9.18 Å². The van der Waals surface area contributed by atoms with Crippen molar-refractivity contribution >= 4 is 40.2 Å². The molecular weight excluding hydrogens is 415 g/mol. The summed E-state index contributed by atoms with van der Waals surface area (Å²) in [6.45, 7) is 1.89. The summed E-state index contributed by atoms with van der Waals surface area (Å²) in [5.41, 5.74) is 9.75. The summed E-state index contributed by atoms with van der Waals surface area (Å²) in [7, 11) is 0. The lowest BCUT2D eigenvalue weighted by atomic mass is 10.2. The Labute approximate surface area is 176 Å². The number of amides is 1. The van der Waals surface area contributed by atoms with Crippen molar-refractivity contribution in [1.29, 1.82) is 0 Å². The van der Waals surface area contributed by atoms with E-state index in [1.54, 1.807) is 30.3 Å². The molecule has 0 saturated carbocycles. The number of carbonyl (C=O) groups excluding carboxylic acids is 1. The molecule has 0 unspecified atom stereocenters. The number of nitrogen functional groups attached to an aromatic ring is 1. The van der Waals surface area contributed by atoms with Gasteiger partial charge in [-0.1, -0.05) is 48.1 Å². The van der Waals surface area contributed by atoms with E-state index in [-0.39, 0.29) is 18.1 Å². The second kappa shape index (κ2) is 9.49. The first-order valence-electron chi connectivity index (χ1n) is 8.72. The summed E-state index contributed by atoms with van der Waals surface area (Å²) >= 11 is 7.13. The largest absolute Gasteiger partial charge is 0.489 e. The lowest BCUT2D eigenvalue weighted by molar-refractivity contribution is 0.0958. The van der Waals surface area contributed by atoms with Gasteiger partial charge in [0.15, 0.2) is 5.13 Å². The standard InChI is InChI=1S/C20H18ClFN4O2S/c1-2-17-18(29-20(23)25-17)19(27)26-24-10-12-5-3-6-13(9-12)28-11-14-15(21)7-4-8-16(14)22/h3-10H,2,11H2,1H3,(H2,23,25)(H,26,27). The fraction of sp³-hybridized carbons (Fsp3) is 0.150. The summed E-state index contributed by atoms with van der Waals surface area (Å²) in [5.74, 6) is -0.273. The van der Waals surface area contributed by atoms with Gasteiger partial charge in [0.25, 0.3) is 5.91 Å². The molecule has 3 N–H and O–H groups in total. The lowest BCUT2D eigenvalue weighted by Crippen LogP contribution is -2.17. The van der Waals surface area contributed by atoms with Crippen molar-refractivity contribution in [3.8, 4) is 5.75 Å². The zero-order valence-electron chi connectivity index (χ0n) is 15.5. The lowest BCUT2D eigenvalue weighted by Gasteiger charge is -2.09. The molecule has 1 heterocycles. The highest BCUT2D eigenvalue weighted by molar-refractivity contribution is 7.17. The van der Waals surface area contributed by atoms with Crippen LogP contribution in [0.5, 0.6) is 5.75 Å². The summed E-state index contributed by atoms with van der Waals surface area (Å²) < 4.78 is 19.5. The van der Waals surface area contributed by atoms with Crippen LogP contribution in [0.25, 0.3) is 0 Å². The molecule has 0 saturated heterocycles. The number of aryl methyl sites for hydroxylation is 1. The number of hydrogen-bond acceptors (Lipinski definition) is 6. The Kier molecular flexibility index (Phi) is 6.79. The molecule has 3 aromatic rings. The second-order valence-corrected chi connectivity index (χ2v) is 7.38. The van der Waals surface area contributed by atoms with Crippen molar-refractivity contribution in [2.75, 3.05) is 5.73 Å². The number of rotatable bonds is 7. The highest BCUT2D eigenvalue weighted by Gasteiger charge is 2.15. The number of anilines is 1. The van der Waals surface area contributed by atoms with Crippen LogP contribution in [0.15, 0.2) is 47.6 Å². The van der Waals surface area contributed by atoms with Gasteiger partial charge in [-0.2, -0.15) is 5.10 Å². The number of ether oxygens (including phenoxy) is 1. The highest BCUT2D eigenvalue weighted by atomic mass is 35.5. The van der Waals surface area contributed by atoms with E-state index in [0.717, 1.165) is 11.3 Å². The predicted octanol–water partition coefficient (Wildman–Crippen LogP) is 4.42. The fourth-order valence-corrected chi connectivity index (χ4v) is 3.54. The molecule has 3 rings (SSSR count). The van der Waals surface area contributed by atoms with E-state index in [1.165, 1.54) is 18.3 Å². The van der Waals surface area contributed by atoms with Gasteiger partial charge in [-0.15, -0.1) is 0 Å². The molecular formula is C20H18ClFN4O2S. The van der Waals surface area contributed by atoms with Crippen LogP contribution in [0.2, 0.25) is 5.02 Å². The summed E-state index contributed by atoms with van der Waals surface area (Å²) in [6, 6.07) is 11.5. The minimum absolute atomic E-state index is 0.00453. The molecule has 0 spiro atoms. The van der Waals surface area contributed by atoms with Crippen LogP contribution in [0.4, 0.5) is 9.52 Å².